The highest BCUT2D eigenvalue weighted by Gasteiger charge is 2.56. The van der Waals surface area contributed by atoms with Crippen LogP contribution in [0.1, 0.15) is 20.3 Å². The number of carbonyl (C=O) groups excluding carboxylic acids is 4. The molecule has 10 heteroatoms. The first-order valence-electron chi connectivity index (χ1n) is 12.3. The molecule has 4 atom stereocenters. The van der Waals surface area contributed by atoms with Crippen LogP contribution in [0.3, 0.4) is 0 Å². The molecule has 1 aromatic rings. The van der Waals surface area contributed by atoms with Crippen LogP contribution in [0.5, 0.6) is 5.75 Å². The number of esters is 2. The zero-order valence-corrected chi connectivity index (χ0v) is 20.9. The van der Waals surface area contributed by atoms with Gasteiger partial charge in [0.05, 0.1) is 24.6 Å². The Morgan fingerprint density at radius 1 is 0.861 bits per heavy atom. The zero-order valence-electron chi connectivity index (χ0n) is 20.9. The summed E-state index contributed by atoms with van der Waals surface area (Å²) in [6.45, 7) is 6.94. The van der Waals surface area contributed by atoms with Gasteiger partial charge in [-0.25, -0.2) is 0 Å². The molecule has 0 N–H and O–H groups in total. The summed E-state index contributed by atoms with van der Waals surface area (Å²) in [5.41, 5.74) is 1.08. The van der Waals surface area contributed by atoms with Crippen molar-refractivity contribution >= 4 is 29.4 Å². The lowest BCUT2D eigenvalue weighted by molar-refractivity contribution is -0.157. The van der Waals surface area contributed by atoms with Crippen molar-refractivity contribution in [3.8, 4) is 5.75 Å². The maximum Gasteiger partial charge on any atom is 0.303 e. The lowest BCUT2D eigenvalue weighted by Gasteiger charge is -2.36. The number of anilines is 1. The molecule has 1 aromatic carbocycles. The number of imide groups is 1. The van der Waals surface area contributed by atoms with Crippen molar-refractivity contribution in [1.82, 2.24) is 9.80 Å². The molecule has 2 saturated heterocycles. The molecule has 0 saturated carbocycles. The summed E-state index contributed by atoms with van der Waals surface area (Å²) in [4.78, 5) is 55.4. The molecule has 0 bridgehead atoms. The van der Waals surface area contributed by atoms with Gasteiger partial charge < -0.3 is 19.1 Å². The largest absolute Gasteiger partial charge is 0.495 e. The molecule has 2 heterocycles. The summed E-state index contributed by atoms with van der Waals surface area (Å²) in [6.07, 6.45) is 1.97. The van der Waals surface area contributed by atoms with E-state index in [2.05, 4.69) is 15.9 Å². The molecule has 2 aliphatic heterocycles. The molecule has 3 aliphatic rings. The van der Waals surface area contributed by atoms with Crippen LogP contribution in [0.2, 0.25) is 0 Å². The predicted octanol–water partition coefficient (Wildman–Crippen LogP) is 1.24. The molecule has 2 fully saturated rings. The second-order valence-electron chi connectivity index (χ2n) is 9.27. The molecule has 10 nitrogen and oxygen atoms in total. The highest BCUT2D eigenvalue weighted by Crippen LogP contribution is 2.38. The number of carbonyl (C=O) groups is 4. The summed E-state index contributed by atoms with van der Waals surface area (Å²) < 4.78 is 16.1. The van der Waals surface area contributed by atoms with Gasteiger partial charge in [-0.05, 0) is 37.3 Å². The molecular weight excluding hydrogens is 466 g/mol. The standard InChI is InChI=1S/C26H33N3O7/c1-17(30)35-21-9-10-22(36-18(2)31)24-23(21)25(32)29(26(24)33)12-6-11-27-13-15-28(16-14-27)19-7-4-5-8-20(19)34-3/h4-5,7-10,21-24H,6,11-16H2,1-3H3. The van der Waals surface area contributed by atoms with Crippen LogP contribution < -0.4 is 9.64 Å². The Morgan fingerprint density at radius 3 is 1.94 bits per heavy atom. The van der Waals surface area contributed by atoms with Crippen LogP contribution in [-0.2, 0) is 28.7 Å². The average Bonchev–Trinajstić information content (AvgIpc) is 3.11. The second-order valence-corrected chi connectivity index (χ2v) is 9.27. The van der Waals surface area contributed by atoms with E-state index < -0.39 is 47.8 Å². The number of fused-ring (bicyclic) bond motifs is 1. The first kappa shape index (κ1) is 25.7. The van der Waals surface area contributed by atoms with Crippen LogP contribution in [0, 0.1) is 11.8 Å². The molecule has 4 rings (SSSR count). The number of hydrogen-bond acceptors (Lipinski definition) is 9. The monoisotopic (exact) mass is 499 g/mol. The van der Waals surface area contributed by atoms with E-state index in [0.29, 0.717) is 6.42 Å². The van der Waals surface area contributed by atoms with Crippen molar-refractivity contribution < 1.29 is 33.4 Å². The SMILES string of the molecule is COc1ccccc1N1CCN(CCCN2C(=O)C3C(OC(C)=O)C=CC(OC(C)=O)C3C2=O)CC1. The smallest absolute Gasteiger partial charge is 0.303 e. The molecule has 194 valence electrons. The van der Waals surface area contributed by atoms with E-state index in [9.17, 15) is 19.2 Å². The van der Waals surface area contributed by atoms with Crippen molar-refractivity contribution in [3.63, 3.8) is 0 Å². The maximum atomic E-state index is 13.2. The molecule has 2 amide bonds. The van der Waals surface area contributed by atoms with Crippen LogP contribution in [0.25, 0.3) is 0 Å². The van der Waals surface area contributed by atoms with E-state index in [1.165, 1.54) is 30.9 Å². The number of hydrogen-bond donors (Lipinski definition) is 0. The maximum absolute atomic E-state index is 13.2. The number of ether oxygens (including phenoxy) is 3. The normalized spacial score (nSPS) is 26.1. The van der Waals surface area contributed by atoms with Gasteiger partial charge in [0.2, 0.25) is 11.8 Å². The molecule has 4 unspecified atom stereocenters. The van der Waals surface area contributed by atoms with E-state index in [4.69, 9.17) is 14.2 Å². The lowest BCUT2D eigenvalue weighted by Crippen LogP contribution is -2.47. The van der Waals surface area contributed by atoms with E-state index >= 15 is 0 Å². The topological polar surface area (TPSA) is 106 Å². The third-order valence-corrected chi connectivity index (χ3v) is 6.95. The summed E-state index contributed by atoms with van der Waals surface area (Å²) >= 11 is 0. The molecule has 36 heavy (non-hydrogen) atoms. The highest BCUT2D eigenvalue weighted by atomic mass is 16.6. The lowest BCUT2D eigenvalue weighted by atomic mass is 9.81. The quantitative estimate of drug-likeness (QED) is 0.297. The third kappa shape index (κ3) is 5.38. The third-order valence-electron chi connectivity index (χ3n) is 6.95. The van der Waals surface area contributed by atoms with Gasteiger partial charge in [0.1, 0.15) is 18.0 Å². The number of likely N-dealkylation sites (tertiary alicyclic amines) is 1. The Balaban J connectivity index is 1.34. The molecule has 0 spiro atoms. The van der Waals surface area contributed by atoms with E-state index in [1.807, 2.05) is 18.2 Å². The molecule has 0 radical (unpaired) electrons. The Labute approximate surface area is 210 Å². The minimum atomic E-state index is -0.889. The van der Waals surface area contributed by atoms with Crippen molar-refractivity contribution in [1.29, 1.82) is 0 Å². The molecule has 1 aliphatic carbocycles. The Hall–Kier alpha value is -3.40. The van der Waals surface area contributed by atoms with Gasteiger partial charge in [0.25, 0.3) is 0 Å². The number of methoxy groups -OCH3 is 1. The predicted molar refractivity (Wildman–Crippen MR) is 130 cm³/mol. The average molecular weight is 500 g/mol. The Bertz CT molecular complexity index is 990. The minimum absolute atomic E-state index is 0.261. The second kappa shape index (κ2) is 11.1. The Kier molecular flexibility index (Phi) is 7.93. The van der Waals surface area contributed by atoms with Gasteiger partial charge in [-0.3, -0.25) is 29.0 Å². The number of rotatable bonds is 8. The summed E-state index contributed by atoms with van der Waals surface area (Å²) in [6, 6.07) is 7.96. The van der Waals surface area contributed by atoms with Crippen molar-refractivity contribution in [3.05, 3.63) is 36.4 Å². The Morgan fingerprint density at radius 2 is 1.42 bits per heavy atom. The fourth-order valence-corrected chi connectivity index (χ4v) is 5.31. The van der Waals surface area contributed by atoms with Crippen LogP contribution in [0.15, 0.2) is 36.4 Å². The van der Waals surface area contributed by atoms with Gasteiger partial charge in [0, 0.05) is 46.6 Å². The summed E-state index contributed by atoms with van der Waals surface area (Å²) in [5, 5.41) is 0. The van der Waals surface area contributed by atoms with Gasteiger partial charge in [-0.1, -0.05) is 12.1 Å². The molecular formula is C26H33N3O7. The first-order chi connectivity index (χ1) is 17.3. The molecule has 0 aromatic heterocycles. The van der Waals surface area contributed by atoms with Crippen molar-refractivity contribution in [2.45, 2.75) is 32.5 Å². The van der Waals surface area contributed by atoms with Gasteiger partial charge >= 0.3 is 11.9 Å². The van der Waals surface area contributed by atoms with E-state index in [1.54, 1.807) is 7.11 Å². The van der Waals surface area contributed by atoms with Gasteiger partial charge in [-0.15, -0.1) is 0 Å². The van der Waals surface area contributed by atoms with Crippen molar-refractivity contribution in [2.75, 3.05) is 51.3 Å². The first-order valence-corrected chi connectivity index (χ1v) is 12.3. The van der Waals surface area contributed by atoms with Gasteiger partial charge in [-0.2, -0.15) is 0 Å². The highest BCUT2D eigenvalue weighted by molar-refractivity contribution is 6.06. The van der Waals surface area contributed by atoms with Gasteiger partial charge in [0.15, 0.2) is 0 Å². The number of para-hydroxylation sites is 2. The van der Waals surface area contributed by atoms with Crippen molar-refractivity contribution in [2.24, 2.45) is 11.8 Å². The minimum Gasteiger partial charge on any atom is -0.495 e. The number of benzene rings is 1. The fraction of sp³-hybridized carbons (Fsp3) is 0.538. The number of amides is 2. The van der Waals surface area contributed by atoms with E-state index in [0.717, 1.165) is 44.2 Å². The van der Waals surface area contributed by atoms with Crippen LogP contribution in [0.4, 0.5) is 5.69 Å². The number of nitrogens with zero attached hydrogens (tertiary/aromatic N) is 3. The fourth-order valence-electron chi connectivity index (χ4n) is 5.31. The van der Waals surface area contributed by atoms with Crippen LogP contribution in [-0.4, -0.2) is 92.1 Å². The summed E-state index contributed by atoms with van der Waals surface area (Å²) in [5.74, 6) is -2.79. The number of piperazine rings is 1. The zero-order chi connectivity index (χ0) is 25.8. The van der Waals surface area contributed by atoms with E-state index in [-0.39, 0.29) is 6.54 Å². The summed E-state index contributed by atoms with van der Waals surface area (Å²) in [7, 11) is 1.67. The van der Waals surface area contributed by atoms with Crippen LogP contribution >= 0.6 is 0 Å².